The zero-order valence-corrected chi connectivity index (χ0v) is 13.8. The number of carbonyl (C=O) groups is 1. The third kappa shape index (κ3) is 6.42. The smallest absolute Gasteiger partial charge is 0.407 e. The van der Waals surface area contributed by atoms with Gasteiger partial charge in [0.05, 0.1) is 6.61 Å². The summed E-state index contributed by atoms with van der Waals surface area (Å²) in [6.07, 6.45) is -3.47. The highest BCUT2D eigenvalue weighted by atomic mass is 19.1. The van der Waals surface area contributed by atoms with E-state index in [1.165, 1.54) is 12.1 Å². The Balaban J connectivity index is 2.71. The summed E-state index contributed by atoms with van der Waals surface area (Å²) >= 11 is 0. The highest BCUT2D eigenvalue weighted by molar-refractivity contribution is 5.67. The molecule has 0 radical (unpaired) electrons. The summed E-state index contributed by atoms with van der Waals surface area (Å²) in [6.45, 7) is 6.95. The monoisotopic (exact) mass is 329 g/mol. The van der Waals surface area contributed by atoms with Gasteiger partial charge in [-0.2, -0.15) is 0 Å². The van der Waals surface area contributed by atoms with Crippen molar-refractivity contribution in [3.63, 3.8) is 0 Å². The van der Waals surface area contributed by atoms with Crippen LogP contribution < -0.4 is 10.1 Å². The molecule has 2 atom stereocenters. The summed E-state index contributed by atoms with van der Waals surface area (Å²) in [5.74, 6) is -0.285. The maximum Gasteiger partial charge on any atom is 0.407 e. The van der Waals surface area contributed by atoms with Gasteiger partial charge in [-0.1, -0.05) is 0 Å². The van der Waals surface area contributed by atoms with E-state index in [9.17, 15) is 19.4 Å². The maximum atomic E-state index is 13.4. The van der Waals surface area contributed by atoms with E-state index in [2.05, 4.69) is 5.32 Å². The average molecular weight is 329 g/mol. The topological polar surface area (TPSA) is 88.0 Å². The third-order valence-electron chi connectivity index (χ3n) is 2.81. The van der Waals surface area contributed by atoms with Crippen molar-refractivity contribution in [2.75, 3.05) is 13.2 Å². The molecule has 1 aromatic carbocycles. The van der Waals surface area contributed by atoms with Gasteiger partial charge in [0.15, 0.2) is 0 Å². The van der Waals surface area contributed by atoms with E-state index in [0.29, 0.717) is 6.61 Å². The normalized spacial score (nSPS) is 14.0. The third-order valence-corrected chi connectivity index (χ3v) is 2.81. The van der Waals surface area contributed by atoms with E-state index in [1.54, 1.807) is 27.7 Å². The summed E-state index contributed by atoms with van der Waals surface area (Å²) in [5, 5.41) is 22.5. The summed E-state index contributed by atoms with van der Waals surface area (Å²) < 4.78 is 23.7. The van der Waals surface area contributed by atoms with Crippen molar-refractivity contribution in [2.45, 2.75) is 45.5 Å². The lowest BCUT2D eigenvalue weighted by Crippen LogP contribution is -2.38. The predicted molar refractivity (Wildman–Crippen MR) is 82.8 cm³/mol. The Hall–Kier alpha value is -1.86. The zero-order chi connectivity index (χ0) is 17.6. The van der Waals surface area contributed by atoms with Gasteiger partial charge in [0.1, 0.15) is 29.4 Å². The molecule has 0 aliphatic rings. The van der Waals surface area contributed by atoms with E-state index in [0.717, 1.165) is 6.07 Å². The molecule has 0 saturated carbocycles. The lowest BCUT2D eigenvalue weighted by Gasteiger charge is -2.23. The van der Waals surface area contributed by atoms with Crippen molar-refractivity contribution in [2.24, 2.45) is 0 Å². The fourth-order valence-corrected chi connectivity index (χ4v) is 1.86. The van der Waals surface area contributed by atoms with Crippen molar-refractivity contribution in [1.82, 2.24) is 5.32 Å². The molecule has 0 spiro atoms. The van der Waals surface area contributed by atoms with Gasteiger partial charge in [-0.25, -0.2) is 9.18 Å². The molecule has 0 aromatic heterocycles. The molecule has 1 rings (SSSR count). The minimum Gasteiger partial charge on any atom is -0.493 e. The summed E-state index contributed by atoms with van der Waals surface area (Å²) in [7, 11) is 0. The van der Waals surface area contributed by atoms with Crippen LogP contribution in [0.2, 0.25) is 0 Å². The second-order valence-electron chi connectivity index (χ2n) is 6.01. The SMILES string of the molecule is CCOc1ccc(F)cc1C(O)C(O)CNC(=O)OC(C)(C)C. The van der Waals surface area contributed by atoms with Crippen LogP contribution in [-0.4, -0.2) is 41.2 Å². The molecule has 0 aliphatic heterocycles. The number of aliphatic hydroxyl groups is 2. The van der Waals surface area contributed by atoms with Crippen LogP contribution in [0.15, 0.2) is 18.2 Å². The Morgan fingerprint density at radius 2 is 2.00 bits per heavy atom. The number of nitrogens with one attached hydrogen (secondary N) is 1. The minimum atomic E-state index is -1.41. The molecule has 7 heteroatoms. The molecule has 0 aliphatic carbocycles. The molecule has 1 aromatic rings. The molecule has 130 valence electrons. The van der Waals surface area contributed by atoms with Gasteiger partial charge >= 0.3 is 6.09 Å². The number of rotatable bonds is 6. The number of benzene rings is 1. The van der Waals surface area contributed by atoms with Gasteiger partial charge in [0.25, 0.3) is 0 Å². The van der Waals surface area contributed by atoms with Gasteiger partial charge in [-0.15, -0.1) is 0 Å². The summed E-state index contributed by atoms with van der Waals surface area (Å²) in [6, 6.07) is 3.67. The lowest BCUT2D eigenvalue weighted by atomic mass is 10.0. The first-order valence-electron chi connectivity index (χ1n) is 7.39. The number of alkyl carbamates (subject to hydrolysis) is 1. The Morgan fingerprint density at radius 3 is 2.57 bits per heavy atom. The standard InChI is InChI=1S/C16H24FNO5/c1-5-22-13-7-6-10(17)8-11(13)14(20)12(19)9-18-15(21)23-16(2,3)4/h6-8,12,14,19-20H,5,9H2,1-4H3,(H,18,21). The average Bonchev–Trinajstić information content (AvgIpc) is 2.44. The molecule has 3 N–H and O–H groups in total. The number of ether oxygens (including phenoxy) is 2. The number of carbonyl (C=O) groups excluding carboxylic acids is 1. The molecule has 0 bridgehead atoms. The Labute approximate surface area is 135 Å². The van der Waals surface area contributed by atoms with Crippen molar-refractivity contribution < 1.29 is 28.9 Å². The molecule has 2 unspecified atom stereocenters. The molecule has 1 amide bonds. The highest BCUT2D eigenvalue weighted by Gasteiger charge is 2.24. The first-order valence-corrected chi connectivity index (χ1v) is 7.39. The van der Waals surface area contributed by atoms with Crippen LogP contribution in [-0.2, 0) is 4.74 Å². The van der Waals surface area contributed by atoms with Crippen LogP contribution >= 0.6 is 0 Å². The molecular weight excluding hydrogens is 305 g/mol. The van der Waals surface area contributed by atoms with Crippen LogP contribution in [0.3, 0.4) is 0 Å². The second-order valence-corrected chi connectivity index (χ2v) is 6.01. The predicted octanol–water partition coefficient (Wildman–Crippen LogP) is 2.14. The van der Waals surface area contributed by atoms with Crippen molar-refractivity contribution in [3.05, 3.63) is 29.6 Å². The van der Waals surface area contributed by atoms with Crippen molar-refractivity contribution >= 4 is 6.09 Å². The number of amides is 1. The van der Waals surface area contributed by atoms with E-state index in [4.69, 9.17) is 9.47 Å². The van der Waals surface area contributed by atoms with Crippen molar-refractivity contribution in [1.29, 1.82) is 0 Å². The first kappa shape index (κ1) is 19.2. The fraction of sp³-hybridized carbons (Fsp3) is 0.562. The van der Waals surface area contributed by atoms with E-state index in [1.807, 2.05) is 0 Å². The molecule has 23 heavy (non-hydrogen) atoms. The Bertz CT molecular complexity index is 530. The zero-order valence-electron chi connectivity index (χ0n) is 13.8. The molecule has 0 fully saturated rings. The maximum absolute atomic E-state index is 13.4. The summed E-state index contributed by atoms with van der Waals surface area (Å²) in [4.78, 5) is 11.5. The molecule has 0 heterocycles. The van der Waals surface area contributed by atoms with E-state index >= 15 is 0 Å². The second kappa shape index (κ2) is 8.12. The quantitative estimate of drug-likeness (QED) is 0.744. The van der Waals surface area contributed by atoms with Crippen LogP contribution in [0, 0.1) is 5.82 Å². The van der Waals surface area contributed by atoms with Crippen LogP contribution in [0.5, 0.6) is 5.75 Å². The summed E-state index contributed by atoms with van der Waals surface area (Å²) in [5.41, 5.74) is -0.552. The number of hydrogen-bond acceptors (Lipinski definition) is 5. The van der Waals surface area contributed by atoms with E-state index < -0.39 is 29.7 Å². The van der Waals surface area contributed by atoms with Crippen LogP contribution in [0.25, 0.3) is 0 Å². The van der Waals surface area contributed by atoms with Gasteiger partial charge in [-0.3, -0.25) is 0 Å². The van der Waals surface area contributed by atoms with Gasteiger partial charge in [0, 0.05) is 12.1 Å². The van der Waals surface area contributed by atoms with Gasteiger partial charge in [-0.05, 0) is 45.9 Å². The number of aliphatic hydroxyl groups excluding tert-OH is 2. The highest BCUT2D eigenvalue weighted by Crippen LogP contribution is 2.28. The molecule has 6 nitrogen and oxygen atoms in total. The minimum absolute atomic E-state index is 0.116. The van der Waals surface area contributed by atoms with Gasteiger partial charge in [0.2, 0.25) is 0 Å². The van der Waals surface area contributed by atoms with Crippen LogP contribution in [0.1, 0.15) is 39.4 Å². The largest absolute Gasteiger partial charge is 0.493 e. The number of halogens is 1. The van der Waals surface area contributed by atoms with Crippen molar-refractivity contribution in [3.8, 4) is 5.75 Å². The lowest BCUT2D eigenvalue weighted by molar-refractivity contribution is 0.0115. The van der Waals surface area contributed by atoms with Gasteiger partial charge < -0.3 is 25.0 Å². The molecular formula is C16H24FNO5. The fourth-order valence-electron chi connectivity index (χ4n) is 1.86. The molecule has 0 saturated heterocycles. The Kier molecular flexibility index (Phi) is 6.78. The Morgan fingerprint density at radius 1 is 1.35 bits per heavy atom. The first-order chi connectivity index (χ1) is 10.6. The van der Waals surface area contributed by atoms with Crippen LogP contribution in [0.4, 0.5) is 9.18 Å². The van der Waals surface area contributed by atoms with E-state index in [-0.39, 0.29) is 17.9 Å². The number of hydrogen-bond donors (Lipinski definition) is 3.